The molecule has 0 fully saturated rings. The molecular weight excluding hydrogens is 374 g/mol. The quantitative estimate of drug-likeness (QED) is 0.495. The monoisotopic (exact) mass is 391 g/mol. The standard InChI is InChI=1S/C20H17N5O2S/c1-11-23-16(10-28-11)15-9-12-6-7-22-20(27)17(12)18(25-15)24-14-5-3-4-13(8-14)19(26)21-2/h3-10H,1-2H3,(H,21,26)(H,22,27)(H,24,25). The van der Waals surface area contributed by atoms with Crippen LogP contribution in [0.25, 0.3) is 22.2 Å². The van der Waals surface area contributed by atoms with E-state index in [1.165, 1.54) is 0 Å². The van der Waals surface area contributed by atoms with Crippen molar-refractivity contribution in [3.05, 3.63) is 68.9 Å². The summed E-state index contributed by atoms with van der Waals surface area (Å²) in [5, 5.41) is 9.87. The number of aromatic nitrogens is 3. The Bertz CT molecular complexity index is 1240. The number of fused-ring (bicyclic) bond motifs is 1. The Labute approximate surface area is 164 Å². The first-order valence-electron chi connectivity index (χ1n) is 8.59. The van der Waals surface area contributed by atoms with Crippen LogP contribution in [-0.4, -0.2) is 27.9 Å². The van der Waals surface area contributed by atoms with E-state index in [0.717, 1.165) is 16.1 Å². The van der Waals surface area contributed by atoms with E-state index < -0.39 is 0 Å². The van der Waals surface area contributed by atoms with Gasteiger partial charge >= 0.3 is 0 Å². The number of hydrogen-bond donors (Lipinski definition) is 3. The van der Waals surface area contributed by atoms with Crippen LogP contribution in [0.2, 0.25) is 0 Å². The summed E-state index contributed by atoms with van der Waals surface area (Å²) in [6, 6.07) is 10.7. The first-order valence-corrected chi connectivity index (χ1v) is 9.47. The second-order valence-corrected chi connectivity index (χ2v) is 7.23. The molecule has 7 nitrogen and oxygen atoms in total. The molecule has 0 aliphatic heterocycles. The number of anilines is 2. The van der Waals surface area contributed by atoms with Crippen LogP contribution in [0.4, 0.5) is 11.5 Å². The van der Waals surface area contributed by atoms with E-state index in [0.29, 0.717) is 28.1 Å². The van der Waals surface area contributed by atoms with Crippen LogP contribution in [0.3, 0.4) is 0 Å². The van der Waals surface area contributed by atoms with Gasteiger partial charge in [0, 0.05) is 29.9 Å². The number of aromatic amines is 1. The van der Waals surface area contributed by atoms with Gasteiger partial charge in [-0.05, 0) is 42.6 Å². The summed E-state index contributed by atoms with van der Waals surface area (Å²) in [4.78, 5) is 36.2. The smallest absolute Gasteiger partial charge is 0.259 e. The van der Waals surface area contributed by atoms with Gasteiger partial charge in [0.15, 0.2) is 0 Å². The van der Waals surface area contributed by atoms with E-state index in [-0.39, 0.29) is 11.5 Å². The molecular formula is C20H17N5O2S. The van der Waals surface area contributed by atoms with Gasteiger partial charge in [0.2, 0.25) is 0 Å². The summed E-state index contributed by atoms with van der Waals surface area (Å²) in [7, 11) is 1.58. The van der Waals surface area contributed by atoms with E-state index in [1.807, 2.05) is 30.5 Å². The van der Waals surface area contributed by atoms with Crippen molar-refractivity contribution >= 4 is 39.5 Å². The topological polar surface area (TPSA) is 99.8 Å². The lowest BCUT2D eigenvalue weighted by Gasteiger charge is -2.11. The van der Waals surface area contributed by atoms with Crippen molar-refractivity contribution in [3.8, 4) is 11.4 Å². The molecule has 3 heterocycles. The van der Waals surface area contributed by atoms with Crippen molar-refractivity contribution in [2.45, 2.75) is 6.92 Å². The molecule has 3 N–H and O–H groups in total. The number of aryl methyl sites for hydroxylation is 1. The predicted molar refractivity (Wildman–Crippen MR) is 111 cm³/mol. The number of thiazole rings is 1. The maximum absolute atomic E-state index is 12.4. The zero-order valence-corrected chi connectivity index (χ0v) is 16.1. The van der Waals surface area contributed by atoms with Crippen molar-refractivity contribution in [2.75, 3.05) is 12.4 Å². The zero-order valence-electron chi connectivity index (χ0n) is 15.2. The Hall–Kier alpha value is -3.52. The van der Waals surface area contributed by atoms with Gasteiger partial charge in [0.05, 0.1) is 21.8 Å². The van der Waals surface area contributed by atoms with Gasteiger partial charge in [-0.15, -0.1) is 11.3 Å². The maximum Gasteiger partial charge on any atom is 0.259 e. The number of hydrogen-bond acceptors (Lipinski definition) is 6. The van der Waals surface area contributed by atoms with E-state index in [1.54, 1.807) is 42.8 Å². The third-order valence-electron chi connectivity index (χ3n) is 4.25. The number of rotatable bonds is 4. The van der Waals surface area contributed by atoms with Gasteiger partial charge in [-0.2, -0.15) is 0 Å². The Kier molecular flexibility index (Phi) is 4.62. The highest BCUT2D eigenvalue weighted by Gasteiger charge is 2.13. The van der Waals surface area contributed by atoms with Crippen LogP contribution in [-0.2, 0) is 0 Å². The minimum Gasteiger partial charge on any atom is -0.355 e. The average molecular weight is 391 g/mol. The summed E-state index contributed by atoms with van der Waals surface area (Å²) in [6.07, 6.45) is 1.61. The van der Waals surface area contributed by atoms with E-state index in [2.05, 4.69) is 25.6 Å². The third-order valence-corrected chi connectivity index (χ3v) is 5.02. The number of carbonyl (C=O) groups is 1. The van der Waals surface area contributed by atoms with Crippen LogP contribution < -0.4 is 16.2 Å². The number of pyridine rings is 2. The fraction of sp³-hybridized carbons (Fsp3) is 0.100. The average Bonchev–Trinajstić information content (AvgIpc) is 3.14. The number of benzene rings is 1. The summed E-state index contributed by atoms with van der Waals surface area (Å²) in [5.41, 5.74) is 2.36. The number of nitrogens with one attached hydrogen (secondary N) is 3. The highest BCUT2D eigenvalue weighted by atomic mass is 32.1. The van der Waals surface area contributed by atoms with Gasteiger partial charge in [0.25, 0.3) is 11.5 Å². The van der Waals surface area contributed by atoms with E-state index >= 15 is 0 Å². The summed E-state index contributed by atoms with van der Waals surface area (Å²) in [6.45, 7) is 1.93. The minimum atomic E-state index is -0.240. The minimum absolute atomic E-state index is 0.189. The molecule has 1 amide bonds. The zero-order chi connectivity index (χ0) is 19.7. The van der Waals surface area contributed by atoms with Gasteiger partial charge in [-0.25, -0.2) is 9.97 Å². The Morgan fingerprint density at radius 1 is 1.14 bits per heavy atom. The van der Waals surface area contributed by atoms with Crippen molar-refractivity contribution in [2.24, 2.45) is 0 Å². The van der Waals surface area contributed by atoms with Crippen LogP contribution in [0, 0.1) is 6.92 Å². The van der Waals surface area contributed by atoms with Crippen LogP contribution in [0.5, 0.6) is 0 Å². The first kappa shape index (κ1) is 17.9. The van der Waals surface area contributed by atoms with Gasteiger partial charge in [0.1, 0.15) is 5.82 Å². The normalized spacial score (nSPS) is 10.8. The Morgan fingerprint density at radius 3 is 2.75 bits per heavy atom. The second-order valence-electron chi connectivity index (χ2n) is 6.16. The van der Waals surface area contributed by atoms with E-state index in [9.17, 15) is 9.59 Å². The highest BCUT2D eigenvalue weighted by Crippen LogP contribution is 2.28. The highest BCUT2D eigenvalue weighted by molar-refractivity contribution is 7.09. The second kappa shape index (κ2) is 7.24. The van der Waals surface area contributed by atoms with Crippen molar-refractivity contribution in [1.29, 1.82) is 0 Å². The summed E-state index contributed by atoms with van der Waals surface area (Å²) in [5.74, 6) is 0.222. The molecule has 0 saturated heterocycles. The number of carbonyl (C=O) groups excluding carboxylic acids is 1. The van der Waals surface area contributed by atoms with Crippen molar-refractivity contribution in [1.82, 2.24) is 20.3 Å². The molecule has 4 rings (SSSR count). The molecule has 0 aliphatic carbocycles. The molecule has 0 saturated carbocycles. The number of H-pyrrole nitrogens is 1. The molecule has 0 spiro atoms. The number of nitrogens with zero attached hydrogens (tertiary/aromatic N) is 2. The van der Waals surface area contributed by atoms with Gasteiger partial charge in [-0.1, -0.05) is 6.07 Å². The predicted octanol–water partition coefficient (Wildman–Crippen LogP) is 3.46. The molecule has 140 valence electrons. The molecule has 8 heteroatoms. The molecule has 0 bridgehead atoms. The van der Waals surface area contributed by atoms with Crippen molar-refractivity contribution in [3.63, 3.8) is 0 Å². The van der Waals surface area contributed by atoms with Crippen molar-refractivity contribution < 1.29 is 4.79 Å². The SMILES string of the molecule is CNC(=O)c1cccc(Nc2nc(-c3csc(C)n3)cc3cc[nH]c(=O)c23)c1. The lowest BCUT2D eigenvalue weighted by atomic mass is 10.1. The van der Waals surface area contributed by atoms with Gasteiger partial charge in [-0.3, -0.25) is 9.59 Å². The molecule has 28 heavy (non-hydrogen) atoms. The molecule has 0 atom stereocenters. The number of amides is 1. The molecule has 3 aromatic heterocycles. The summed E-state index contributed by atoms with van der Waals surface area (Å²) < 4.78 is 0. The largest absolute Gasteiger partial charge is 0.355 e. The first-order chi connectivity index (χ1) is 13.5. The lowest BCUT2D eigenvalue weighted by molar-refractivity contribution is 0.0963. The van der Waals surface area contributed by atoms with Crippen LogP contribution >= 0.6 is 11.3 Å². The fourth-order valence-electron chi connectivity index (χ4n) is 2.94. The Balaban J connectivity index is 1.85. The molecule has 0 radical (unpaired) electrons. The molecule has 4 aromatic rings. The Morgan fingerprint density at radius 2 is 2.00 bits per heavy atom. The van der Waals surface area contributed by atoms with E-state index in [4.69, 9.17) is 0 Å². The van der Waals surface area contributed by atoms with Crippen LogP contribution in [0.15, 0.2) is 52.8 Å². The summed E-state index contributed by atoms with van der Waals surface area (Å²) >= 11 is 1.54. The van der Waals surface area contributed by atoms with Crippen LogP contribution in [0.1, 0.15) is 15.4 Å². The molecule has 0 unspecified atom stereocenters. The third kappa shape index (κ3) is 3.37. The fourth-order valence-corrected chi connectivity index (χ4v) is 3.54. The van der Waals surface area contributed by atoms with Gasteiger partial charge < -0.3 is 15.6 Å². The molecule has 0 aliphatic rings. The maximum atomic E-state index is 12.4. The molecule has 1 aromatic carbocycles. The lowest BCUT2D eigenvalue weighted by Crippen LogP contribution is -2.17.